The maximum Gasteiger partial charge on any atom is 0.221 e. The van der Waals surface area contributed by atoms with E-state index < -0.39 is 0 Å². The molecule has 1 aromatic rings. The molecule has 0 saturated carbocycles. The van der Waals surface area contributed by atoms with E-state index >= 15 is 0 Å². The minimum absolute atomic E-state index is 0.0315. The number of carbonyl (C=O) groups excluding carboxylic acids is 1. The van der Waals surface area contributed by atoms with Crippen LogP contribution in [-0.2, 0) is 11.3 Å². The molecule has 0 bridgehead atoms. The normalized spacial score (nSPS) is 11.3. The van der Waals surface area contributed by atoms with Gasteiger partial charge in [-0.1, -0.05) is 17.7 Å². The van der Waals surface area contributed by atoms with Gasteiger partial charge >= 0.3 is 0 Å². The topological polar surface area (TPSA) is 44.4 Å². The standard InChI is InChI=1S/C16H26ClN3O/c1-16(2,3)19-11-12-6-7-14(13(17)10-12)20(5)9-8-15(21)18-4/h6-7,10,19H,8-9,11H2,1-5H3,(H,18,21). The SMILES string of the molecule is CNC(=O)CCN(C)c1ccc(CNC(C)(C)C)cc1Cl. The fourth-order valence-corrected chi connectivity index (χ4v) is 2.20. The van der Waals surface area contributed by atoms with Gasteiger partial charge in [0.05, 0.1) is 10.7 Å². The van der Waals surface area contributed by atoms with Gasteiger partial charge in [-0.15, -0.1) is 0 Å². The molecule has 0 spiro atoms. The van der Waals surface area contributed by atoms with Crippen molar-refractivity contribution in [2.75, 3.05) is 25.5 Å². The molecule has 0 aliphatic heterocycles. The van der Waals surface area contributed by atoms with Crippen LogP contribution in [0.15, 0.2) is 18.2 Å². The molecule has 1 rings (SSSR count). The Labute approximate surface area is 132 Å². The van der Waals surface area contributed by atoms with Crippen LogP contribution in [0.2, 0.25) is 5.02 Å². The molecule has 0 atom stereocenters. The van der Waals surface area contributed by atoms with E-state index in [4.69, 9.17) is 11.6 Å². The maximum absolute atomic E-state index is 11.3. The minimum atomic E-state index is 0.0315. The van der Waals surface area contributed by atoms with Gasteiger partial charge in [0.2, 0.25) is 5.91 Å². The summed E-state index contributed by atoms with van der Waals surface area (Å²) in [6, 6.07) is 6.05. The summed E-state index contributed by atoms with van der Waals surface area (Å²) in [7, 11) is 3.59. The molecule has 118 valence electrons. The summed E-state index contributed by atoms with van der Waals surface area (Å²) < 4.78 is 0. The summed E-state index contributed by atoms with van der Waals surface area (Å²) in [6.45, 7) is 7.82. The Morgan fingerprint density at radius 2 is 2.00 bits per heavy atom. The van der Waals surface area contributed by atoms with Crippen LogP contribution in [0.4, 0.5) is 5.69 Å². The van der Waals surface area contributed by atoms with Gasteiger partial charge in [-0.2, -0.15) is 0 Å². The van der Waals surface area contributed by atoms with Crippen LogP contribution in [0.5, 0.6) is 0 Å². The molecule has 5 heteroatoms. The molecule has 0 fully saturated rings. The highest BCUT2D eigenvalue weighted by Gasteiger charge is 2.11. The molecule has 1 aromatic carbocycles. The number of carbonyl (C=O) groups is 1. The first-order chi connectivity index (χ1) is 9.73. The van der Waals surface area contributed by atoms with Gasteiger partial charge in [0.1, 0.15) is 0 Å². The average Bonchev–Trinajstić information content (AvgIpc) is 2.41. The van der Waals surface area contributed by atoms with E-state index in [-0.39, 0.29) is 11.4 Å². The van der Waals surface area contributed by atoms with Crippen molar-refractivity contribution in [1.29, 1.82) is 0 Å². The first-order valence-electron chi connectivity index (χ1n) is 7.18. The number of amides is 1. The highest BCUT2D eigenvalue weighted by Crippen LogP contribution is 2.26. The Morgan fingerprint density at radius 1 is 1.33 bits per heavy atom. The predicted octanol–water partition coefficient (Wildman–Crippen LogP) is 2.80. The van der Waals surface area contributed by atoms with E-state index in [1.165, 1.54) is 0 Å². The second kappa shape index (κ2) is 7.66. The van der Waals surface area contributed by atoms with Crippen LogP contribution in [0.1, 0.15) is 32.8 Å². The number of nitrogens with one attached hydrogen (secondary N) is 2. The van der Waals surface area contributed by atoms with E-state index in [0.717, 1.165) is 17.8 Å². The van der Waals surface area contributed by atoms with Crippen molar-refractivity contribution in [3.63, 3.8) is 0 Å². The molecular weight excluding hydrogens is 286 g/mol. The van der Waals surface area contributed by atoms with E-state index in [9.17, 15) is 4.79 Å². The number of benzene rings is 1. The first-order valence-corrected chi connectivity index (χ1v) is 7.56. The molecule has 0 saturated heterocycles. The lowest BCUT2D eigenvalue weighted by Crippen LogP contribution is -2.35. The lowest BCUT2D eigenvalue weighted by Gasteiger charge is -2.23. The number of nitrogens with zero attached hydrogens (tertiary/aromatic N) is 1. The van der Waals surface area contributed by atoms with Crippen molar-refractivity contribution < 1.29 is 4.79 Å². The minimum Gasteiger partial charge on any atom is -0.373 e. The van der Waals surface area contributed by atoms with E-state index in [1.807, 2.05) is 24.1 Å². The fraction of sp³-hybridized carbons (Fsp3) is 0.562. The number of anilines is 1. The molecule has 0 aromatic heterocycles. The molecule has 0 unspecified atom stereocenters. The monoisotopic (exact) mass is 311 g/mol. The van der Waals surface area contributed by atoms with Gasteiger partial charge in [0, 0.05) is 39.1 Å². The zero-order valence-electron chi connectivity index (χ0n) is 13.6. The van der Waals surface area contributed by atoms with E-state index in [2.05, 4.69) is 37.5 Å². The van der Waals surface area contributed by atoms with Gasteiger partial charge in [-0.25, -0.2) is 0 Å². The predicted molar refractivity (Wildman–Crippen MR) is 90.0 cm³/mol. The van der Waals surface area contributed by atoms with Crippen molar-refractivity contribution in [1.82, 2.24) is 10.6 Å². The number of halogens is 1. The smallest absolute Gasteiger partial charge is 0.221 e. The highest BCUT2D eigenvalue weighted by atomic mass is 35.5. The van der Waals surface area contributed by atoms with Crippen molar-refractivity contribution in [2.45, 2.75) is 39.3 Å². The molecule has 1 amide bonds. The van der Waals surface area contributed by atoms with Gasteiger partial charge < -0.3 is 15.5 Å². The largest absolute Gasteiger partial charge is 0.373 e. The summed E-state index contributed by atoms with van der Waals surface area (Å²) in [4.78, 5) is 13.3. The van der Waals surface area contributed by atoms with Crippen LogP contribution >= 0.6 is 11.6 Å². The van der Waals surface area contributed by atoms with Crippen LogP contribution in [0.3, 0.4) is 0 Å². The Morgan fingerprint density at radius 3 is 2.52 bits per heavy atom. The molecule has 0 aliphatic carbocycles. The summed E-state index contributed by atoms with van der Waals surface area (Å²) in [6.07, 6.45) is 0.455. The number of hydrogen-bond acceptors (Lipinski definition) is 3. The highest BCUT2D eigenvalue weighted by molar-refractivity contribution is 6.33. The van der Waals surface area contributed by atoms with Gasteiger partial charge in [0.25, 0.3) is 0 Å². The Bertz CT molecular complexity index is 483. The summed E-state index contributed by atoms with van der Waals surface area (Å²) in [5.41, 5.74) is 2.17. The number of hydrogen-bond donors (Lipinski definition) is 2. The average molecular weight is 312 g/mol. The van der Waals surface area contributed by atoms with Crippen molar-refractivity contribution in [3.05, 3.63) is 28.8 Å². The lowest BCUT2D eigenvalue weighted by atomic mass is 10.1. The Kier molecular flexibility index (Phi) is 6.49. The van der Waals surface area contributed by atoms with Crippen molar-refractivity contribution >= 4 is 23.2 Å². The third kappa shape index (κ3) is 6.36. The molecule has 0 heterocycles. The zero-order valence-corrected chi connectivity index (χ0v) is 14.3. The fourth-order valence-electron chi connectivity index (χ4n) is 1.85. The maximum atomic E-state index is 11.3. The summed E-state index contributed by atoms with van der Waals surface area (Å²) in [5, 5.41) is 6.77. The third-order valence-corrected chi connectivity index (χ3v) is 3.50. The molecular formula is C16H26ClN3O. The molecule has 0 radical (unpaired) electrons. The third-order valence-electron chi connectivity index (χ3n) is 3.20. The van der Waals surface area contributed by atoms with Crippen LogP contribution < -0.4 is 15.5 Å². The molecule has 0 aliphatic rings. The Balaban J connectivity index is 2.67. The quantitative estimate of drug-likeness (QED) is 0.849. The van der Waals surface area contributed by atoms with E-state index in [1.54, 1.807) is 7.05 Å². The lowest BCUT2D eigenvalue weighted by molar-refractivity contribution is -0.120. The van der Waals surface area contributed by atoms with Crippen molar-refractivity contribution in [3.8, 4) is 0 Å². The summed E-state index contributed by atoms with van der Waals surface area (Å²) in [5.74, 6) is 0.0315. The zero-order chi connectivity index (χ0) is 16.0. The van der Waals surface area contributed by atoms with Crippen LogP contribution in [-0.4, -0.2) is 32.1 Å². The van der Waals surface area contributed by atoms with Crippen LogP contribution in [0, 0.1) is 0 Å². The Hall–Kier alpha value is -1.26. The molecule has 2 N–H and O–H groups in total. The van der Waals surface area contributed by atoms with Gasteiger partial charge in [-0.05, 0) is 38.5 Å². The van der Waals surface area contributed by atoms with Gasteiger partial charge in [0.15, 0.2) is 0 Å². The van der Waals surface area contributed by atoms with Gasteiger partial charge in [-0.3, -0.25) is 4.79 Å². The first kappa shape index (κ1) is 17.8. The second-order valence-electron chi connectivity index (χ2n) is 6.23. The van der Waals surface area contributed by atoms with Crippen LogP contribution in [0.25, 0.3) is 0 Å². The number of rotatable bonds is 6. The molecule has 4 nitrogen and oxygen atoms in total. The molecule has 21 heavy (non-hydrogen) atoms. The second-order valence-corrected chi connectivity index (χ2v) is 6.64. The van der Waals surface area contributed by atoms with Crippen molar-refractivity contribution in [2.24, 2.45) is 0 Å². The summed E-state index contributed by atoms with van der Waals surface area (Å²) >= 11 is 6.35. The van der Waals surface area contributed by atoms with E-state index in [0.29, 0.717) is 18.0 Å².